The molecule has 2 amide bonds. The molecule has 2 fully saturated rings. The maximum Gasteiger partial charge on any atom is 0.455 e. The number of fused-ring (bicyclic) bond motifs is 3. The molecule has 0 spiro atoms. The lowest BCUT2D eigenvalue weighted by Crippen LogP contribution is -2.46. The molecule has 2 aliphatic heterocycles. The van der Waals surface area contributed by atoms with E-state index in [4.69, 9.17) is 9.07 Å². The zero-order chi connectivity index (χ0) is 29.3. The van der Waals surface area contributed by atoms with Crippen molar-refractivity contribution in [2.45, 2.75) is 58.1 Å². The maximum absolute atomic E-state index is 13.8. The van der Waals surface area contributed by atoms with Crippen LogP contribution in [0.1, 0.15) is 50.5 Å². The van der Waals surface area contributed by atoms with E-state index in [1.54, 1.807) is 12.1 Å². The summed E-state index contributed by atoms with van der Waals surface area (Å²) in [6, 6.07) is 8.94. The van der Waals surface area contributed by atoms with Crippen LogP contribution in [0.2, 0.25) is 6.32 Å². The minimum absolute atomic E-state index is 0.103. The number of non-ortho nitro benzene ring substituents is 1. The molecular formula is C29H33BN2O9. The molecule has 5 rings (SSSR count). The molecule has 2 aromatic rings. The zero-order valence-electron chi connectivity index (χ0n) is 22.8. The summed E-state index contributed by atoms with van der Waals surface area (Å²) in [5.74, 6) is -1.84. The predicted molar refractivity (Wildman–Crippen MR) is 149 cm³/mol. The number of carbonyl (C=O) groups is 2. The number of nitro groups is 1. The third kappa shape index (κ3) is 5.65. The SMILES string of the molecule is CCC/C(=C\c1ccc(CO)o1)CC[C@H]1OB(O)C[C@H]2C1=C(CO)C[C@H]1C(=O)N(c3cccc([N+](=O)[O-])c3)C(=O)[C@H]12. The predicted octanol–water partition coefficient (Wildman–Crippen LogP) is 3.64. The number of nitro benzene ring substituents is 1. The molecule has 11 nitrogen and oxygen atoms in total. The van der Waals surface area contributed by atoms with Gasteiger partial charge in [0.25, 0.3) is 5.69 Å². The Hall–Kier alpha value is -3.58. The highest BCUT2D eigenvalue weighted by Crippen LogP contribution is 2.51. The smallest absolute Gasteiger partial charge is 0.455 e. The van der Waals surface area contributed by atoms with Gasteiger partial charge >= 0.3 is 7.12 Å². The number of anilines is 1. The van der Waals surface area contributed by atoms with Crippen LogP contribution in [0.5, 0.6) is 0 Å². The molecule has 3 aliphatic rings. The van der Waals surface area contributed by atoms with Gasteiger partial charge in [0, 0.05) is 12.1 Å². The van der Waals surface area contributed by atoms with Crippen LogP contribution in [0.15, 0.2) is 57.5 Å². The maximum atomic E-state index is 13.8. The number of rotatable bonds is 10. The summed E-state index contributed by atoms with van der Waals surface area (Å²) in [4.78, 5) is 39.0. The summed E-state index contributed by atoms with van der Waals surface area (Å²) < 4.78 is 11.6. The summed E-state index contributed by atoms with van der Waals surface area (Å²) in [7, 11) is -1.15. The number of imide groups is 1. The van der Waals surface area contributed by atoms with E-state index in [1.165, 1.54) is 24.3 Å². The number of aliphatic hydroxyl groups is 2. The number of furan rings is 1. The van der Waals surface area contributed by atoms with Gasteiger partial charge in [0.15, 0.2) is 0 Å². The first-order chi connectivity index (χ1) is 19.7. The summed E-state index contributed by atoms with van der Waals surface area (Å²) in [6.07, 6.45) is 4.44. The molecule has 1 aromatic heterocycles. The van der Waals surface area contributed by atoms with Gasteiger partial charge in [-0.1, -0.05) is 25.0 Å². The molecule has 0 saturated carbocycles. The van der Waals surface area contributed by atoms with Crippen molar-refractivity contribution in [1.29, 1.82) is 0 Å². The summed E-state index contributed by atoms with van der Waals surface area (Å²) in [5.41, 5.74) is 2.40. The number of nitrogens with zero attached hydrogens (tertiary/aromatic N) is 2. The first kappa shape index (κ1) is 28.9. The lowest BCUT2D eigenvalue weighted by atomic mass is 9.58. The van der Waals surface area contributed by atoms with E-state index in [0.717, 1.165) is 28.9 Å². The highest BCUT2D eigenvalue weighted by atomic mass is 16.6. The van der Waals surface area contributed by atoms with Crippen molar-refractivity contribution in [3.05, 3.63) is 74.8 Å². The molecule has 0 bridgehead atoms. The van der Waals surface area contributed by atoms with Gasteiger partial charge in [-0.2, -0.15) is 0 Å². The van der Waals surface area contributed by atoms with Crippen molar-refractivity contribution in [3.63, 3.8) is 0 Å². The van der Waals surface area contributed by atoms with Gasteiger partial charge < -0.3 is 24.3 Å². The van der Waals surface area contributed by atoms with Gasteiger partial charge in [-0.05, 0) is 73.3 Å². The van der Waals surface area contributed by atoms with Crippen LogP contribution in [-0.4, -0.2) is 51.8 Å². The third-order valence-electron chi connectivity index (χ3n) is 8.28. The van der Waals surface area contributed by atoms with Gasteiger partial charge in [-0.3, -0.25) is 19.7 Å². The van der Waals surface area contributed by atoms with Gasteiger partial charge in [0.1, 0.15) is 18.1 Å². The fraction of sp³-hybridized carbons (Fsp3) is 0.448. The second kappa shape index (κ2) is 12.1. The highest BCUT2D eigenvalue weighted by molar-refractivity contribution is 6.43. The Balaban J connectivity index is 1.42. The standard InChI is InChI=1S/C29H33BN2O9/c1-2-4-17(11-21-8-9-22(16-34)40-21)7-10-25-26-18(15-33)12-23-27(24(26)14-30(37)41-25)29(36)31(28(23)35)19-5-3-6-20(13-19)32(38)39/h3,5-6,8-9,11,13,23-25,27,33-34,37H,2,4,7,10,12,14-16H2,1H3/b17-11+/t23-,24+,25-,27-/m1/s1. The Morgan fingerprint density at radius 3 is 2.63 bits per heavy atom. The topological polar surface area (TPSA) is 164 Å². The largest absolute Gasteiger partial charge is 0.459 e. The van der Waals surface area contributed by atoms with E-state index < -0.39 is 47.7 Å². The average molecular weight is 564 g/mol. The molecule has 41 heavy (non-hydrogen) atoms. The van der Waals surface area contributed by atoms with Gasteiger partial charge in [-0.25, -0.2) is 4.90 Å². The molecule has 216 valence electrons. The van der Waals surface area contributed by atoms with Gasteiger partial charge in [-0.15, -0.1) is 0 Å². The zero-order valence-corrected chi connectivity index (χ0v) is 22.8. The summed E-state index contributed by atoms with van der Waals surface area (Å²) in [5, 5.41) is 41.7. The van der Waals surface area contributed by atoms with E-state index in [1.807, 2.05) is 6.08 Å². The molecule has 1 aliphatic carbocycles. The molecule has 4 atom stereocenters. The lowest BCUT2D eigenvalue weighted by Gasteiger charge is -2.43. The number of hydrogen-bond acceptors (Lipinski definition) is 9. The molecular weight excluding hydrogens is 531 g/mol. The fourth-order valence-electron chi connectivity index (χ4n) is 6.58. The van der Waals surface area contributed by atoms with E-state index in [0.29, 0.717) is 29.9 Å². The second-order valence-corrected chi connectivity index (χ2v) is 10.8. The Morgan fingerprint density at radius 1 is 1.15 bits per heavy atom. The van der Waals surface area contributed by atoms with Crippen molar-refractivity contribution < 1.29 is 38.8 Å². The van der Waals surface area contributed by atoms with Gasteiger partial charge in [0.2, 0.25) is 11.8 Å². The third-order valence-corrected chi connectivity index (χ3v) is 8.28. The Labute approximate surface area is 237 Å². The van der Waals surface area contributed by atoms with Crippen LogP contribution in [0, 0.1) is 27.9 Å². The average Bonchev–Trinajstić information content (AvgIpc) is 3.52. The Bertz CT molecular complexity index is 1400. The minimum Gasteiger partial charge on any atom is -0.459 e. The number of allylic oxidation sites excluding steroid dienone is 1. The molecule has 1 aromatic carbocycles. The van der Waals surface area contributed by atoms with E-state index in [-0.39, 0.29) is 37.3 Å². The fourth-order valence-corrected chi connectivity index (χ4v) is 6.58. The Kier molecular flexibility index (Phi) is 8.55. The van der Waals surface area contributed by atoms with E-state index >= 15 is 0 Å². The van der Waals surface area contributed by atoms with Crippen LogP contribution in [0.3, 0.4) is 0 Å². The normalized spacial score (nSPS) is 24.6. The van der Waals surface area contributed by atoms with Crippen LogP contribution < -0.4 is 4.90 Å². The van der Waals surface area contributed by atoms with Crippen LogP contribution >= 0.6 is 0 Å². The van der Waals surface area contributed by atoms with Crippen LogP contribution in [-0.2, 0) is 20.9 Å². The van der Waals surface area contributed by atoms with Crippen molar-refractivity contribution in [1.82, 2.24) is 0 Å². The highest BCUT2D eigenvalue weighted by Gasteiger charge is 2.57. The van der Waals surface area contributed by atoms with Crippen molar-refractivity contribution in [2.24, 2.45) is 17.8 Å². The number of carbonyl (C=O) groups excluding carboxylic acids is 2. The summed E-state index contributed by atoms with van der Waals surface area (Å²) in [6.45, 7) is 1.57. The number of benzene rings is 1. The Morgan fingerprint density at radius 2 is 1.95 bits per heavy atom. The molecule has 0 unspecified atom stereocenters. The lowest BCUT2D eigenvalue weighted by molar-refractivity contribution is -0.384. The molecule has 2 saturated heterocycles. The minimum atomic E-state index is -1.15. The summed E-state index contributed by atoms with van der Waals surface area (Å²) >= 11 is 0. The van der Waals surface area contributed by atoms with Gasteiger partial charge in [0.05, 0.1) is 35.2 Å². The van der Waals surface area contributed by atoms with Crippen molar-refractivity contribution in [3.8, 4) is 0 Å². The van der Waals surface area contributed by atoms with Crippen molar-refractivity contribution in [2.75, 3.05) is 11.5 Å². The number of amides is 2. The number of hydrogen-bond donors (Lipinski definition) is 3. The number of aliphatic hydroxyl groups excluding tert-OH is 2. The molecule has 12 heteroatoms. The monoisotopic (exact) mass is 564 g/mol. The van der Waals surface area contributed by atoms with E-state index in [2.05, 4.69) is 6.92 Å². The van der Waals surface area contributed by atoms with Crippen LogP contribution in [0.4, 0.5) is 11.4 Å². The second-order valence-electron chi connectivity index (χ2n) is 10.8. The quantitative estimate of drug-likeness (QED) is 0.129. The molecule has 3 N–H and O–H groups in total. The van der Waals surface area contributed by atoms with Crippen molar-refractivity contribution >= 4 is 36.4 Å². The first-order valence-corrected chi connectivity index (χ1v) is 13.9. The first-order valence-electron chi connectivity index (χ1n) is 13.9. The van der Waals surface area contributed by atoms with E-state index in [9.17, 15) is 34.9 Å². The molecule has 0 radical (unpaired) electrons. The molecule has 3 heterocycles. The van der Waals surface area contributed by atoms with Crippen LogP contribution in [0.25, 0.3) is 6.08 Å².